The Labute approximate surface area is 143 Å². The zero-order chi connectivity index (χ0) is 17.8. The maximum Gasteiger partial charge on any atom is 0.227 e. The molecule has 0 radical (unpaired) electrons. The van der Waals surface area contributed by atoms with E-state index in [-0.39, 0.29) is 11.3 Å². The Balaban J connectivity index is 1.97. The fourth-order valence-corrected chi connectivity index (χ4v) is 2.35. The van der Waals surface area contributed by atoms with E-state index in [0.29, 0.717) is 17.2 Å². The van der Waals surface area contributed by atoms with E-state index in [4.69, 9.17) is 20.2 Å². The zero-order valence-corrected chi connectivity index (χ0v) is 13.2. The van der Waals surface area contributed by atoms with Crippen molar-refractivity contribution >= 4 is 16.8 Å². The van der Waals surface area contributed by atoms with Crippen LogP contribution in [-0.2, 0) is 0 Å². The van der Waals surface area contributed by atoms with E-state index in [1.165, 1.54) is 0 Å². The Bertz CT molecular complexity index is 1070. The first-order valence-electron chi connectivity index (χ1n) is 7.34. The van der Waals surface area contributed by atoms with Crippen LogP contribution >= 0.6 is 0 Å². The predicted octanol–water partition coefficient (Wildman–Crippen LogP) is 4.04. The van der Waals surface area contributed by atoms with Gasteiger partial charge in [-0.2, -0.15) is 15.8 Å². The van der Waals surface area contributed by atoms with Crippen molar-refractivity contribution in [2.75, 3.05) is 5.32 Å². The first kappa shape index (κ1) is 15.8. The molecule has 0 atom stereocenters. The summed E-state index contributed by atoms with van der Waals surface area (Å²) >= 11 is 0. The lowest BCUT2D eigenvalue weighted by Gasteiger charge is -2.09. The minimum absolute atomic E-state index is 0.0808. The van der Waals surface area contributed by atoms with Crippen LogP contribution in [0.2, 0.25) is 0 Å². The number of hydrogen-bond donors (Lipinski definition) is 1. The van der Waals surface area contributed by atoms with Gasteiger partial charge < -0.3 is 9.73 Å². The Kier molecular flexibility index (Phi) is 4.16. The molecule has 6 heteroatoms. The molecule has 0 aliphatic heterocycles. The quantitative estimate of drug-likeness (QED) is 0.728. The average molecular weight is 325 g/mol. The summed E-state index contributed by atoms with van der Waals surface area (Å²) in [5.41, 5.74) is 3.39. The lowest BCUT2D eigenvalue weighted by atomic mass is 10.1. The minimum atomic E-state index is -0.259. The molecule has 118 valence electrons. The van der Waals surface area contributed by atoms with E-state index in [2.05, 4.69) is 10.3 Å². The van der Waals surface area contributed by atoms with Crippen LogP contribution in [0.1, 0.15) is 5.56 Å². The molecule has 3 rings (SSSR count). The van der Waals surface area contributed by atoms with Crippen LogP contribution in [0.4, 0.5) is 5.69 Å². The predicted molar refractivity (Wildman–Crippen MR) is 91.7 cm³/mol. The maximum atomic E-state index is 9.13. The summed E-state index contributed by atoms with van der Waals surface area (Å²) in [6, 6.07) is 18.2. The zero-order valence-electron chi connectivity index (χ0n) is 13.2. The largest absolute Gasteiger partial charge is 0.436 e. The van der Waals surface area contributed by atoms with Gasteiger partial charge in [0.2, 0.25) is 5.89 Å². The smallest absolute Gasteiger partial charge is 0.227 e. The van der Waals surface area contributed by atoms with Gasteiger partial charge in [0, 0.05) is 11.3 Å². The number of allylic oxidation sites excluding steroid dienone is 2. The van der Waals surface area contributed by atoms with Crippen molar-refractivity contribution in [2.45, 2.75) is 6.92 Å². The summed E-state index contributed by atoms with van der Waals surface area (Å²) in [6.45, 7) is 1.85. The van der Waals surface area contributed by atoms with Crippen molar-refractivity contribution in [1.29, 1.82) is 15.8 Å². The van der Waals surface area contributed by atoms with Crippen molar-refractivity contribution in [1.82, 2.24) is 4.98 Å². The van der Waals surface area contributed by atoms with Crippen molar-refractivity contribution in [3.63, 3.8) is 0 Å². The Morgan fingerprint density at radius 3 is 2.44 bits per heavy atom. The van der Waals surface area contributed by atoms with E-state index in [1.54, 1.807) is 24.3 Å². The lowest BCUT2D eigenvalue weighted by molar-refractivity contribution is 0.620. The van der Waals surface area contributed by atoms with Crippen LogP contribution in [0.5, 0.6) is 0 Å². The molecule has 1 aromatic heterocycles. The second-order valence-electron chi connectivity index (χ2n) is 5.23. The number of aromatic nitrogens is 1. The first-order chi connectivity index (χ1) is 12.2. The van der Waals surface area contributed by atoms with E-state index in [1.807, 2.05) is 43.3 Å². The van der Waals surface area contributed by atoms with E-state index >= 15 is 0 Å². The number of benzene rings is 2. The number of para-hydroxylation sites is 2. The summed E-state index contributed by atoms with van der Waals surface area (Å²) in [4.78, 5) is 4.45. The highest BCUT2D eigenvalue weighted by molar-refractivity contribution is 5.76. The molecule has 1 heterocycles. The number of aryl methyl sites for hydroxylation is 1. The van der Waals surface area contributed by atoms with Gasteiger partial charge in [-0.1, -0.05) is 12.1 Å². The van der Waals surface area contributed by atoms with E-state index in [9.17, 15) is 0 Å². The van der Waals surface area contributed by atoms with Gasteiger partial charge in [-0.05, 0) is 42.8 Å². The fraction of sp³-hybridized carbons (Fsp3) is 0.0526. The van der Waals surface area contributed by atoms with Crippen LogP contribution in [0.15, 0.2) is 58.2 Å². The summed E-state index contributed by atoms with van der Waals surface area (Å²) in [5.74, 6) is 0.502. The van der Waals surface area contributed by atoms with Gasteiger partial charge in [0.25, 0.3) is 0 Å². The first-order valence-corrected chi connectivity index (χ1v) is 7.34. The Morgan fingerprint density at radius 2 is 1.80 bits per heavy atom. The lowest BCUT2D eigenvalue weighted by Crippen LogP contribution is -2.02. The van der Waals surface area contributed by atoms with Gasteiger partial charge >= 0.3 is 0 Å². The molecule has 0 aliphatic carbocycles. The number of fused-ring (bicyclic) bond motifs is 1. The number of nitrogens with one attached hydrogen (secondary N) is 1. The van der Waals surface area contributed by atoms with Gasteiger partial charge in [-0.15, -0.1) is 0 Å². The van der Waals surface area contributed by atoms with Crippen LogP contribution < -0.4 is 5.32 Å². The highest BCUT2D eigenvalue weighted by Crippen LogP contribution is 2.28. The van der Waals surface area contributed by atoms with Gasteiger partial charge in [0.15, 0.2) is 11.2 Å². The molecule has 0 saturated heterocycles. The molecule has 1 N–H and O–H groups in total. The van der Waals surface area contributed by atoms with Crippen molar-refractivity contribution in [3.8, 4) is 29.7 Å². The molecule has 6 nitrogen and oxygen atoms in total. The highest BCUT2D eigenvalue weighted by Gasteiger charge is 2.11. The number of hydrogen-bond acceptors (Lipinski definition) is 6. The topological polar surface area (TPSA) is 109 Å². The normalized spacial score (nSPS) is 9.68. The van der Waals surface area contributed by atoms with Crippen LogP contribution in [0, 0.1) is 40.9 Å². The van der Waals surface area contributed by atoms with Crippen LogP contribution in [0.25, 0.3) is 22.6 Å². The number of anilines is 1. The summed E-state index contributed by atoms with van der Waals surface area (Å²) < 4.78 is 5.74. The average Bonchev–Trinajstić information content (AvgIpc) is 3.07. The molecule has 0 bridgehead atoms. The van der Waals surface area contributed by atoms with E-state index < -0.39 is 0 Å². The summed E-state index contributed by atoms with van der Waals surface area (Å²) in [5, 5.41) is 29.7. The fourth-order valence-electron chi connectivity index (χ4n) is 2.35. The number of rotatable bonds is 3. The molecule has 25 heavy (non-hydrogen) atoms. The Morgan fingerprint density at radius 1 is 1.04 bits per heavy atom. The van der Waals surface area contributed by atoms with Crippen molar-refractivity contribution < 1.29 is 4.42 Å². The molecule has 3 aromatic rings. The van der Waals surface area contributed by atoms with Crippen LogP contribution in [0.3, 0.4) is 0 Å². The second-order valence-corrected chi connectivity index (χ2v) is 5.23. The monoisotopic (exact) mass is 325 g/mol. The molecule has 0 unspecified atom stereocenters. The summed E-state index contributed by atoms with van der Waals surface area (Å²) in [6.07, 6.45) is 0. The molecular formula is C19H11N5O. The molecule has 0 fully saturated rings. The molecule has 0 spiro atoms. The van der Waals surface area contributed by atoms with Crippen LogP contribution in [-0.4, -0.2) is 4.98 Å². The minimum Gasteiger partial charge on any atom is -0.436 e. The third kappa shape index (κ3) is 3.03. The van der Waals surface area contributed by atoms with Gasteiger partial charge in [-0.3, -0.25) is 0 Å². The third-order valence-corrected chi connectivity index (χ3v) is 3.61. The van der Waals surface area contributed by atoms with E-state index in [0.717, 1.165) is 16.6 Å². The SMILES string of the molecule is Cc1cc(-c2nc3ccccc3o2)ccc1NC(C#N)=C(C#N)C#N. The van der Waals surface area contributed by atoms with Crippen molar-refractivity contribution in [3.05, 3.63) is 59.3 Å². The van der Waals surface area contributed by atoms with Gasteiger partial charge in [-0.25, -0.2) is 4.98 Å². The second kappa shape index (κ2) is 6.58. The standard InChI is InChI=1S/C19H11N5O/c1-12-8-13(19-24-16-4-2-3-5-18(16)25-19)6-7-15(12)23-17(11-22)14(9-20)10-21/h2-8,23H,1H3. The number of nitrogens with zero attached hydrogens (tertiary/aromatic N) is 4. The van der Waals surface area contributed by atoms with Gasteiger partial charge in [0.05, 0.1) is 0 Å². The number of oxazole rings is 1. The number of nitriles is 3. The van der Waals surface area contributed by atoms with Gasteiger partial charge in [0.1, 0.15) is 29.4 Å². The molecule has 0 amide bonds. The highest BCUT2D eigenvalue weighted by atomic mass is 16.3. The van der Waals surface area contributed by atoms with Crippen molar-refractivity contribution in [2.24, 2.45) is 0 Å². The maximum absolute atomic E-state index is 9.13. The molecule has 0 aliphatic rings. The molecule has 2 aromatic carbocycles. The summed E-state index contributed by atoms with van der Waals surface area (Å²) in [7, 11) is 0. The molecule has 0 saturated carbocycles. The third-order valence-electron chi connectivity index (χ3n) is 3.61. The Hall–Kier alpha value is -4.08. The molecular weight excluding hydrogens is 314 g/mol.